The minimum Gasteiger partial charge on any atom is -0.264 e. The number of fused-ring (bicyclic) bond motifs is 5. The van der Waals surface area contributed by atoms with Crippen LogP contribution in [-0.2, 0) is 12.8 Å². The van der Waals surface area contributed by atoms with Crippen LogP contribution >= 0.6 is 0 Å². The molecule has 2 aliphatic rings. The molecular weight excluding hydrogens is 326 g/mol. The Kier molecular flexibility index (Phi) is 4.01. The lowest BCUT2D eigenvalue weighted by Crippen LogP contribution is -2.13. The molecule has 27 heavy (non-hydrogen) atoms. The Hall–Kier alpha value is -2.93. The Morgan fingerprint density at radius 1 is 1.04 bits per heavy atom. The van der Waals surface area contributed by atoms with Gasteiger partial charge in [-0.3, -0.25) is 4.98 Å². The monoisotopic (exact) mass is 349 g/mol. The third kappa shape index (κ3) is 2.94. The second kappa shape index (κ2) is 6.66. The third-order valence-corrected chi connectivity index (χ3v) is 5.85. The first kappa shape index (κ1) is 16.3. The Bertz CT molecular complexity index is 1060. The topological polar surface area (TPSA) is 12.9 Å². The lowest BCUT2D eigenvalue weighted by Gasteiger charge is -2.30. The molecule has 0 saturated carbocycles. The van der Waals surface area contributed by atoms with E-state index >= 15 is 0 Å². The highest BCUT2D eigenvalue weighted by molar-refractivity contribution is 5.79. The van der Waals surface area contributed by atoms with E-state index in [0.29, 0.717) is 5.92 Å². The van der Waals surface area contributed by atoms with Crippen LogP contribution in [0, 0.1) is 6.92 Å². The molecule has 0 fully saturated rings. The van der Waals surface area contributed by atoms with Crippen LogP contribution in [0.5, 0.6) is 0 Å². The summed E-state index contributed by atoms with van der Waals surface area (Å²) in [5, 5.41) is 0. The molecule has 0 amide bonds. The van der Waals surface area contributed by atoms with Crippen LogP contribution in [0.25, 0.3) is 23.3 Å². The van der Waals surface area contributed by atoms with Crippen molar-refractivity contribution in [3.63, 3.8) is 0 Å². The van der Waals surface area contributed by atoms with Gasteiger partial charge in [-0.15, -0.1) is 0 Å². The van der Waals surface area contributed by atoms with E-state index in [1.807, 2.05) is 18.5 Å². The fraction of sp³-hybridized carbons (Fsp3) is 0.192. The number of pyridine rings is 1. The van der Waals surface area contributed by atoms with Crippen LogP contribution < -0.4 is 0 Å². The van der Waals surface area contributed by atoms with E-state index < -0.39 is 0 Å². The lowest BCUT2D eigenvalue weighted by atomic mass is 9.74. The average molecular weight is 349 g/mol. The third-order valence-electron chi connectivity index (χ3n) is 5.85. The first-order valence-corrected chi connectivity index (χ1v) is 9.80. The predicted molar refractivity (Wildman–Crippen MR) is 114 cm³/mol. The van der Waals surface area contributed by atoms with Crippen molar-refractivity contribution in [1.29, 1.82) is 0 Å². The Labute approximate surface area is 161 Å². The maximum absolute atomic E-state index is 4.24. The second-order valence-electron chi connectivity index (χ2n) is 7.65. The Balaban J connectivity index is 1.64. The zero-order chi connectivity index (χ0) is 18.2. The average Bonchev–Trinajstić information content (AvgIpc) is 2.72. The van der Waals surface area contributed by atoms with Gasteiger partial charge >= 0.3 is 0 Å². The quantitative estimate of drug-likeness (QED) is 0.524. The summed E-state index contributed by atoms with van der Waals surface area (Å²) in [6, 6.07) is 15.7. The van der Waals surface area contributed by atoms with E-state index in [4.69, 9.17) is 0 Å². The van der Waals surface area contributed by atoms with Crippen molar-refractivity contribution in [3.05, 3.63) is 100 Å². The molecule has 0 spiro atoms. The van der Waals surface area contributed by atoms with E-state index in [9.17, 15) is 0 Å². The summed E-state index contributed by atoms with van der Waals surface area (Å²) in [5.74, 6) is 0.408. The van der Waals surface area contributed by atoms with Gasteiger partial charge in [0.15, 0.2) is 0 Å². The molecule has 0 saturated heterocycles. The van der Waals surface area contributed by atoms with Gasteiger partial charge in [-0.05, 0) is 71.2 Å². The first-order chi connectivity index (χ1) is 13.3. The van der Waals surface area contributed by atoms with Crippen LogP contribution in [0.1, 0.15) is 45.7 Å². The molecule has 1 heteroatoms. The van der Waals surface area contributed by atoms with Crippen LogP contribution in [0.15, 0.2) is 67.0 Å². The van der Waals surface area contributed by atoms with Gasteiger partial charge in [0.2, 0.25) is 0 Å². The van der Waals surface area contributed by atoms with Crippen molar-refractivity contribution in [1.82, 2.24) is 4.98 Å². The summed E-state index contributed by atoms with van der Waals surface area (Å²) in [6.07, 6.45) is 16.3. The minimum atomic E-state index is 0.408. The molecule has 1 atom stereocenters. The standard InChI is InChI=1S/C26H23N/c1-18-8-12-23-21(10-9-19-5-4-14-27-17-19)16-26-22-7-3-2-6-20(22)11-13-24(26)25(23)15-18/h2,4-6,8-15,17,21H,3,7,16H2,1H3/b10-9+. The summed E-state index contributed by atoms with van der Waals surface area (Å²) < 4.78 is 0. The van der Waals surface area contributed by atoms with Gasteiger partial charge in [-0.2, -0.15) is 0 Å². The van der Waals surface area contributed by atoms with Gasteiger partial charge in [0.25, 0.3) is 0 Å². The molecular formula is C26H23N. The number of allylic oxidation sites excluding steroid dienone is 2. The summed E-state index contributed by atoms with van der Waals surface area (Å²) >= 11 is 0. The van der Waals surface area contributed by atoms with E-state index in [-0.39, 0.29) is 0 Å². The second-order valence-corrected chi connectivity index (χ2v) is 7.65. The van der Waals surface area contributed by atoms with Crippen molar-refractivity contribution in [2.75, 3.05) is 0 Å². The van der Waals surface area contributed by atoms with Gasteiger partial charge in [0.1, 0.15) is 0 Å². The molecule has 1 nitrogen and oxygen atoms in total. The van der Waals surface area contributed by atoms with Crippen LogP contribution in [0.3, 0.4) is 0 Å². The van der Waals surface area contributed by atoms with Gasteiger partial charge < -0.3 is 0 Å². The molecule has 2 aromatic carbocycles. The van der Waals surface area contributed by atoms with Gasteiger partial charge in [-0.25, -0.2) is 0 Å². The maximum atomic E-state index is 4.24. The van der Waals surface area contributed by atoms with Crippen LogP contribution in [0.2, 0.25) is 0 Å². The minimum absolute atomic E-state index is 0.408. The van der Waals surface area contributed by atoms with Crippen LogP contribution in [0.4, 0.5) is 0 Å². The molecule has 0 N–H and O–H groups in total. The van der Waals surface area contributed by atoms with E-state index in [1.165, 1.54) is 27.8 Å². The largest absolute Gasteiger partial charge is 0.264 e. The highest BCUT2D eigenvalue weighted by Gasteiger charge is 2.26. The van der Waals surface area contributed by atoms with Crippen molar-refractivity contribution in [3.8, 4) is 11.1 Å². The fourth-order valence-corrected chi connectivity index (χ4v) is 4.52. The van der Waals surface area contributed by atoms with Gasteiger partial charge in [-0.1, -0.05) is 66.3 Å². The first-order valence-electron chi connectivity index (χ1n) is 9.80. The zero-order valence-corrected chi connectivity index (χ0v) is 15.7. The number of hydrogen-bond donors (Lipinski definition) is 0. The van der Waals surface area contributed by atoms with Crippen molar-refractivity contribution in [2.45, 2.75) is 32.1 Å². The fourth-order valence-electron chi connectivity index (χ4n) is 4.52. The molecule has 1 unspecified atom stereocenters. The molecule has 132 valence electrons. The molecule has 2 aliphatic carbocycles. The highest BCUT2D eigenvalue weighted by atomic mass is 14.6. The number of nitrogens with zero attached hydrogens (tertiary/aromatic N) is 1. The van der Waals surface area contributed by atoms with Crippen molar-refractivity contribution >= 4 is 12.2 Å². The molecule has 1 heterocycles. The Morgan fingerprint density at radius 3 is 2.89 bits per heavy atom. The molecule has 0 bridgehead atoms. The highest BCUT2D eigenvalue weighted by Crippen LogP contribution is 2.44. The lowest BCUT2D eigenvalue weighted by molar-refractivity contribution is 0.805. The number of aromatic nitrogens is 1. The molecule has 3 aromatic rings. The predicted octanol–water partition coefficient (Wildman–Crippen LogP) is 6.37. The number of aryl methyl sites for hydroxylation is 1. The van der Waals surface area contributed by atoms with Crippen LogP contribution in [-0.4, -0.2) is 4.98 Å². The van der Waals surface area contributed by atoms with Crippen molar-refractivity contribution in [2.24, 2.45) is 0 Å². The summed E-state index contributed by atoms with van der Waals surface area (Å²) in [7, 11) is 0. The Morgan fingerprint density at radius 2 is 2.00 bits per heavy atom. The van der Waals surface area contributed by atoms with Gasteiger partial charge in [0, 0.05) is 18.3 Å². The maximum Gasteiger partial charge on any atom is 0.0340 e. The van der Waals surface area contributed by atoms with Gasteiger partial charge in [0.05, 0.1) is 0 Å². The smallest absolute Gasteiger partial charge is 0.0340 e. The number of benzene rings is 2. The number of hydrogen-bond acceptors (Lipinski definition) is 1. The molecule has 0 radical (unpaired) electrons. The summed E-state index contributed by atoms with van der Waals surface area (Å²) in [5.41, 5.74) is 11.3. The summed E-state index contributed by atoms with van der Waals surface area (Å²) in [6.45, 7) is 2.19. The summed E-state index contributed by atoms with van der Waals surface area (Å²) in [4.78, 5) is 4.24. The van der Waals surface area contributed by atoms with Crippen molar-refractivity contribution < 1.29 is 0 Å². The number of rotatable bonds is 2. The molecule has 0 aliphatic heterocycles. The zero-order valence-electron chi connectivity index (χ0n) is 15.7. The molecule has 5 rings (SSSR count). The van der Waals surface area contributed by atoms with E-state index in [2.05, 4.69) is 72.6 Å². The molecule has 1 aromatic heterocycles. The van der Waals surface area contributed by atoms with E-state index in [0.717, 1.165) is 24.8 Å². The van der Waals surface area contributed by atoms with E-state index in [1.54, 1.807) is 11.1 Å². The normalized spacial score (nSPS) is 17.4. The SMILES string of the molecule is Cc1ccc2c(c1)-c1ccc3c(c1CC2/C=C/c1cccnc1)CCC=C3.